The lowest BCUT2D eigenvalue weighted by molar-refractivity contribution is -0.119. The van der Waals surface area contributed by atoms with E-state index in [4.69, 9.17) is 0 Å². The Bertz CT molecular complexity index is 927. The van der Waals surface area contributed by atoms with Crippen LogP contribution in [0.15, 0.2) is 65.7 Å². The molecule has 2 amide bonds. The molecule has 0 aliphatic heterocycles. The fourth-order valence-corrected chi connectivity index (χ4v) is 2.66. The molecule has 3 rings (SSSR count). The van der Waals surface area contributed by atoms with Crippen molar-refractivity contribution < 1.29 is 9.59 Å². The third-order valence-electron chi connectivity index (χ3n) is 3.66. The zero-order chi connectivity index (χ0) is 18.5. The summed E-state index contributed by atoms with van der Waals surface area (Å²) in [6.07, 6.45) is 6.44. The Balaban J connectivity index is 1.68. The van der Waals surface area contributed by atoms with Crippen LogP contribution in [0, 0.1) is 0 Å². The van der Waals surface area contributed by atoms with Crippen molar-refractivity contribution in [3.63, 3.8) is 0 Å². The molecule has 0 fully saturated rings. The molecule has 2 aromatic heterocycles. The molecular formula is C18H16BrN5O2. The molecule has 1 atom stereocenters. The molecule has 1 unspecified atom stereocenters. The van der Waals surface area contributed by atoms with Crippen LogP contribution >= 0.6 is 15.9 Å². The number of hydrogen-bond donors (Lipinski definition) is 2. The summed E-state index contributed by atoms with van der Waals surface area (Å²) in [4.78, 5) is 28.6. The van der Waals surface area contributed by atoms with E-state index < -0.39 is 6.04 Å². The monoisotopic (exact) mass is 413 g/mol. The number of carbonyl (C=O) groups is 2. The van der Waals surface area contributed by atoms with Gasteiger partial charge in [0.2, 0.25) is 5.91 Å². The number of anilines is 2. The number of carbonyl (C=O) groups excluding carboxylic acids is 2. The first-order valence-electron chi connectivity index (χ1n) is 7.85. The fraction of sp³-hybridized carbons (Fsp3) is 0.111. The van der Waals surface area contributed by atoms with Crippen molar-refractivity contribution in [1.82, 2.24) is 14.8 Å². The van der Waals surface area contributed by atoms with Gasteiger partial charge in [-0.3, -0.25) is 19.3 Å². The minimum atomic E-state index is -0.448. The lowest BCUT2D eigenvalue weighted by Crippen LogP contribution is -2.24. The first kappa shape index (κ1) is 17.8. The minimum absolute atomic E-state index is 0.201. The molecule has 3 aromatic rings. The molecule has 1 aromatic carbocycles. The van der Waals surface area contributed by atoms with Crippen LogP contribution in [0.3, 0.4) is 0 Å². The minimum Gasteiger partial charge on any atom is -0.324 e. The quantitative estimate of drug-likeness (QED) is 0.669. The van der Waals surface area contributed by atoms with Crippen LogP contribution in [-0.2, 0) is 4.79 Å². The highest BCUT2D eigenvalue weighted by Crippen LogP contribution is 2.18. The molecule has 132 valence electrons. The molecule has 0 aliphatic carbocycles. The number of amides is 2. The van der Waals surface area contributed by atoms with Crippen molar-refractivity contribution in [2.45, 2.75) is 13.0 Å². The van der Waals surface area contributed by atoms with E-state index in [0.717, 1.165) is 4.47 Å². The maximum Gasteiger partial charge on any atom is 0.257 e. The molecule has 7 nitrogen and oxygen atoms in total. The Labute approximate surface area is 158 Å². The van der Waals surface area contributed by atoms with Crippen molar-refractivity contribution in [2.75, 3.05) is 10.6 Å². The number of nitrogens with one attached hydrogen (secondary N) is 2. The molecule has 0 bridgehead atoms. The number of nitrogens with zero attached hydrogens (tertiary/aromatic N) is 3. The number of benzene rings is 1. The maximum absolute atomic E-state index is 12.3. The average Bonchev–Trinajstić information content (AvgIpc) is 3.16. The first-order valence-corrected chi connectivity index (χ1v) is 8.64. The van der Waals surface area contributed by atoms with E-state index in [9.17, 15) is 9.59 Å². The zero-order valence-corrected chi connectivity index (χ0v) is 15.5. The number of aromatic nitrogens is 3. The van der Waals surface area contributed by atoms with Crippen molar-refractivity contribution in [2.24, 2.45) is 0 Å². The third-order valence-corrected chi connectivity index (χ3v) is 4.09. The lowest BCUT2D eigenvalue weighted by atomic mass is 10.2. The molecule has 2 N–H and O–H groups in total. The van der Waals surface area contributed by atoms with E-state index in [1.165, 1.54) is 6.20 Å². The standard InChI is InChI=1S/C18H16BrN5O2/c1-12(24-7-3-6-21-24)17(25)22-15-4-2-5-16(9-15)23-18(26)13-8-14(19)11-20-10-13/h2-12H,1H3,(H,22,25)(H,23,26). The van der Waals surface area contributed by atoms with Gasteiger partial charge in [-0.2, -0.15) is 5.10 Å². The Morgan fingerprint density at radius 2 is 1.88 bits per heavy atom. The number of rotatable bonds is 5. The van der Waals surface area contributed by atoms with E-state index in [1.807, 2.05) is 0 Å². The molecule has 8 heteroatoms. The highest BCUT2D eigenvalue weighted by molar-refractivity contribution is 9.10. The van der Waals surface area contributed by atoms with E-state index in [0.29, 0.717) is 16.9 Å². The molecule has 0 radical (unpaired) electrons. The topological polar surface area (TPSA) is 88.9 Å². The van der Waals surface area contributed by atoms with Crippen molar-refractivity contribution in [1.29, 1.82) is 0 Å². The summed E-state index contributed by atoms with van der Waals surface area (Å²) in [5.41, 5.74) is 1.58. The SMILES string of the molecule is CC(C(=O)Nc1cccc(NC(=O)c2cncc(Br)c2)c1)n1cccn1. The predicted octanol–water partition coefficient (Wildman–Crippen LogP) is 3.49. The third kappa shape index (κ3) is 4.34. The smallest absolute Gasteiger partial charge is 0.257 e. The van der Waals surface area contributed by atoms with E-state index >= 15 is 0 Å². The second-order valence-electron chi connectivity index (χ2n) is 5.58. The fourth-order valence-electron chi connectivity index (χ4n) is 2.29. The van der Waals surface area contributed by atoms with E-state index in [-0.39, 0.29) is 11.8 Å². The number of halogens is 1. The van der Waals surface area contributed by atoms with Gasteiger partial charge in [0.1, 0.15) is 6.04 Å². The van der Waals surface area contributed by atoms with Crippen LogP contribution in [-0.4, -0.2) is 26.6 Å². The summed E-state index contributed by atoms with van der Waals surface area (Å²) in [5, 5.41) is 9.67. The number of pyridine rings is 1. The van der Waals surface area contributed by atoms with Gasteiger partial charge < -0.3 is 10.6 Å². The van der Waals surface area contributed by atoms with Gasteiger partial charge >= 0.3 is 0 Å². The highest BCUT2D eigenvalue weighted by Gasteiger charge is 2.15. The Morgan fingerprint density at radius 3 is 2.58 bits per heavy atom. The van der Waals surface area contributed by atoms with Gasteiger partial charge in [0, 0.05) is 40.6 Å². The molecule has 0 saturated heterocycles. The second kappa shape index (κ2) is 7.92. The lowest BCUT2D eigenvalue weighted by Gasteiger charge is -2.13. The van der Waals surface area contributed by atoms with Gasteiger partial charge in [0.25, 0.3) is 5.91 Å². The molecule has 0 saturated carbocycles. The van der Waals surface area contributed by atoms with E-state index in [2.05, 4.69) is 36.6 Å². The molecule has 2 heterocycles. The zero-order valence-electron chi connectivity index (χ0n) is 13.9. The van der Waals surface area contributed by atoms with E-state index in [1.54, 1.807) is 66.6 Å². The Kier molecular flexibility index (Phi) is 5.43. The van der Waals surface area contributed by atoms with Gasteiger partial charge in [-0.1, -0.05) is 6.07 Å². The normalized spacial score (nSPS) is 11.6. The Hall–Kier alpha value is -3.00. The summed E-state index contributed by atoms with van der Waals surface area (Å²) < 4.78 is 2.29. The van der Waals surface area contributed by atoms with Crippen molar-refractivity contribution in [3.8, 4) is 0 Å². The van der Waals surface area contributed by atoms with Gasteiger partial charge in [-0.05, 0) is 53.2 Å². The van der Waals surface area contributed by atoms with Crippen LogP contribution in [0.25, 0.3) is 0 Å². The Morgan fingerprint density at radius 1 is 1.12 bits per heavy atom. The molecular weight excluding hydrogens is 398 g/mol. The van der Waals surface area contributed by atoms with Gasteiger partial charge in [-0.15, -0.1) is 0 Å². The molecule has 0 spiro atoms. The van der Waals surface area contributed by atoms with Gasteiger partial charge in [-0.25, -0.2) is 0 Å². The second-order valence-corrected chi connectivity index (χ2v) is 6.49. The summed E-state index contributed by atoms with van der Waals surface area (Å²) in [6.45, 7) is 1.76. The maximum atomic E-state index is 12.3. The van der Waals surface area contributed by atoms with Crippen LogP contribution in [0.1, 0.15) is 23.3 Å². The summed E-state index contributed by atoms with van der Waals surface area (Å²) in [5.74, 6) is -0.486. The largest absolute Gasteiger partial charge is 0.324 e. The number of hydrogen-bond acceptors (Lipinski definition) is 4. The van der Waals surface area contributed by atoms with Crippen LogP contribution in [0.2, 0.25) is 0 Å². The molecule has 0 aliphatic rings. The van der Waals surface area contributed by atoms with Crippen LogP contribution in [0.5, 0.6) is 0 Å². The summed E-state index contributed by atoms with van der Waals surface area (Å²) >= 11 is 3.29. The van der Waals surface area contributed by atoms with Crippen molar-refractivity contribution >= 4 is 39.1 Å². The van der Waals surface area contributed by atoms with Crippen LogP contribution < -0.4 is 10.6 Å². The summed E-state index contributed by atoms with van der Waals surface area (Å²) in [7, 11) is 0. The molecule has 26 heavy (non-hydrogen) atoms. The van der Waals surface area contributed by atoms with Crippen LogP contribution in [0.4, 0.5) is 11.4 Å². The van der Waals surface area contributed by atoms with Gasteiger partial charge in [0.05, 0.1) is 5.56 Å². The average molecular weight is 414 g/mol. The van der Waals surface area contributed by atoms with Gasteiger partial charge in [0.15, 0.2) is 0 Å². The van der Waals surface area contributed by atoms with Crippen molar-refractivity contribution in [3.05, 3.63) is 71.2 Å². The highest BCUT2D eigenvalue weighted by atomic mass is 79.9. The predicted molar refractivity (Wildman–Crippen MR) is 102 cm³/mol. The first-order chi connectivity index (χ1) is 12.5. The summed E-state index contributed by atoms with van der Waals surface area (Å²) in [6, 6.07) is 9.94.